The SMILES string of the molecule is CCCCC(=O)NC(=S)Nc1ccc(N2CCN(C(=O)c3cccs3)CC2)c(Cl)c1. The van der Waals surface area contributed by atoms with Gasteiger partial charge in [0, 0.05) is 38.3 Å². The van der Waals surface area contributed by atoms with Gasteiger partial charge in [0.05, 0.1) is 15.6 Å². The number of thiocarbonyl (C=S) groups is 1. The maximum absolute atomic E-state index is 12.5. The second kappa shape index (κ2) is 10.7. The molecule has 3 rings (SSSR count). The number of benzene rings is 1. The fraction of sp³-hybridized carbons (Fsp3) is 0.381. The minimum Gasteiger partial charge on any atom is -0.367 e. The van der Waals surface area contributed by atoms with E-state index in [0.717, 1.165) is 42.2 Å². The van der Waals surface area contributed by atoms with Crippen LogP contribution in [0.3, 0.4) is 0 Å². The van der Waals surface area contributed by atoms with Crippen LogP contribution in [0.5, 0.6) is 0 Å². The number of carbonyl (C=O) groups is 2. The second-order valence-electron chi connectivity index (χ2n) is 7.03. The number of rotatable bonds is 6. The Balaban J connectivity index is 1.54. The number of thiophene rings is 1. The molecule has 0 saturated carbocycles. The van der Waals surface area contributed by atoms with Crippen LogP contribution in [0.1, 0.15) is 35.9 Å². The normalized spacial score (nSPS) is 13.8. The largest absolute Gasteiger partial charge is 0.367 e. The van der Waals surface area contributed by atoms with Gasteiger partial charge in [0.15, 0.2) is 5.11 Å². The Labute approximate surface area is 191 Å². The maximum atomic E-state index is 12.5. The summed E-state index contributed by atoms with van der Waals surface area (Å²) in [7, 11) is 0. The van der Waals surface area contributed by atoms with Gasteiger partial charge < -0.3 is 20.4 Å². The Bertz CT molecular complexity index is 896. The van der Waals surface area contributed by atoms with E-state index < -0.39 is 0 Å². The number of carbonyl (C=O) groups excluding carboxylic acids is 2. The van der Waals surface area contributed by atoms with Crippen molar-refractivity contribution in [1.29, 1.82) is 0 Å². The van der Waals surface area contributed by atoms with Gasteiger partial charge in [-0.2, -0.15) is 0 Å². The van der Waals surface area contributed by atoms with E-state index in [1.54, 1.807) is 6.07 Å². The van der Waals surface area contributed by atoms with Gasteiger partial charge in [-0.05, 0) is 48.3 Å². The highest BCUT2D eigenvalue weighted by Crippen LogP contribution is 2.30. The van der Waals surface area contributed by atoms with Crippen LogP contribution < -0.4 is 15.5 Å². The Hall–Kier alpha value is -2.16. The highest BCUT2D eigenvalue weighted by Gasteiger charge is 2.24. The van der Waals surface area contributed by atoms with E-state index in [4.69, 9.17) is 23.8 Å². The molecule has 0 radical (unpaired) electrons. The molecular formula is C21H25ClN4O2S2. The molecular weight excluding hydrogens is 440 g/mol. The van der Waals surface area contributed by atoms with E-state index in [1.807, 2.05) is 41.5 Å². The molecule has 0 aliphatic carbocycles. The van der Waals surface area contributed by atoms with Gasteiger partial charge in [0.1, 0.15) is 0 Å². The third-order valence-corrected chi connectivity index (χ3v) is 6.22. The first-order valence-corrected chi connectivity index (χ1v) is 11.6. The van der Waals surface area contributed by atoms with Gasteiger partial charge in [0.2, 0.25) is 5.91 Å². The fourth-order valence-corrected chi connectivity index (χ4v) is 4.46. The molecule has 2 amide bonds. The molecule has 1 aromatic carbocycles. The van der Waals surface area contributed by atoms with Gasteiger partial charge in [-0.1, -0.05) is 31.0 Å². The number of nitrogens with zero attached hydrogens (tertiary/aromatic N) is 2. The molecule has 1 aliphatic heterocycles. The summed E-state index contributed by atoms with van der Waals surface area (Å²) in [6.45, 7) is 4.78. The molecule has 2 aromatic rings. The Morgan fingerprint density at radius 2 is 1.97 bits per heavy atom. The molecule has 0 unspecified atom stereocenters. The van der Waals surface area contributed by atoms with Crippen LogP contribution in [-0.2, 0) is 4.79 Å². The lowest BCUT2D eigenvalue weighted by Crippen LogP contribution is -2.48. The molecule has 1 aliphatic rings. The van der Waals surface area contributed by atoms with Crippen LogP contribution in [0.25, 0.3) is 0 Å². The van der Waals surface area contributed by atoms with Gasteiger partial charge in [0.25, 0.3) is 5.91 Å². The van der Waals surface area contributed by atoms with Crippen molar-refractivity contribution in [1.82, 2.24) is 10.2 Å². The molecule has 30 heavy (non-hydrogen) atoms. The summed E-state index contributed by atoms with van der Waals surface area (Å²) in [5, 5.41) is 8.46. The number of hydrogen-bond acceptors (Lipinski definition) is 5. The topological polar surface area (TPSA) is 64.7 Å². The van der Waals surface area contributed by atoms with Crippen molar-refractivity contribution < 1.29 is 9.59 Å². The summed E-state index contributed by atoms with van der Waals surface area (Å²) in [4.78, 5) is 29.1. The summed E-state index contributed by atoms with van der Waals surface area (Å²) in [6.07, 6.45) is 2.25. The highest BCUT2D eigenvalue weighted by molar-refractivity contribution is 7.80. The quantitative estimate of drug-likeness (QED) is 0.621. The number of amides is 2. The average Bonchev–Trinajstić information content (AvgIpc) is 3.27. The highest BCUT2D eigenvalue weighted by atomic mass is 35.5. The summed E-state index contributed by atoms with van der Waals surface area (Å²) in [6, 6.07) is 9.37. The first kappa shape index (κ1) is 22.5. The molecule has 2 N–H and O–H groups in total. The van der Waals surface area contributed by atoms with Crippen LogP contribution in [0.4, 0.5) is 11.4 Å². The van der Waals surface area contributed by atoms with Crippen LogP contribution in [0.15, 0.2) is 35.7 Å². The predicted octanol–water partition coefficient (Wildman–Crippen LogP) is 4.37. The number of nitrogens with one attached hydrogen (secondary N) is 2. The molecule has 1 fully saturated rings. The van der Waals surface area contributed by atoms with E-state index in [-0.39, 0.29) is 16.9 Å². The van der Waals surface area contributed by atoms with Crippen LogP contribution in [0, 0.1) is 0 Å². The van der Waals surface area contributed by atoms with E-state index in [0.29, 0.717) is 24.5 Å². The minimum absolute atomic E-state index is 0.0878. The van der Waals surface area contributed by atoms with E-state index >= 15 is 0 Å². The lowest BCUT2D eigenvalue weighted by atomic mass is 10.2. The van der Waals surface area contributed by atoms with E-state index in [9.17, 15) is 9.59 Å². The summed E-state index contributed by atoms with van der Waals surface area (Å²) in [5.74, 6) is -0.00294. The summed E-state index contributed by atoms with van der Waals surface area (Å²) >= 11 is 13.2. The number of anilines is 2. The summed E-state index contributed by atoms with van der Waals surface area (Å²) in [5.41, 5.74) is 1.64. The molecule has 9 heteroatoms. The molecule has 1 saturated heterocycles. The van der Waals surface area contributed by atoms with Crippen molar-refractivity contribution in [2.24, 2.45) is 0 Å². The number of hydrogen-bond donors (Lipinski definition) is 2. The lowest BCUT2D eigenvalue weighted by molar-refractivity contribution is -0.119. The number of unbranched alkanes of at least 4 members (excludes halogenated alkanes) is 1. The first-order chi connectivity index (χ1) is 14.5. The number of halogens is 1. The third kappa shape index (κ3) is 5.93. The zero-order valence-corrected chi connectivity index (χ0v) is 19.2. The van der Waals surface area contributed by atoms with Gasteiger partial charge in [-0.25, -0.2) is 0 Å². The Kier molecular flexibility index (Phi) is 8.07. The van der Waals surface area contributed by atoms with Crippen molar-refractivity contribution in [2.75, 3.05) is 36.4 Å². The lowest BCUT2D eigenvalue weighted by Gasteiger charge is -2.36. The first-order valence-electron chi connectivity index (χ1n) is 9.96. The zero-order chi connectivity index (χ0) is 21.5. The molecule has 6 nitrogen and oxygen atoms in total. The van der Waals surface area contributed by atoms with E-state index in [2.05, 4.69) is 15.5 Å². The summed E-state index contributed by atoms with van der Waals surface area (Å²) < 4.78 is 0. The molecule has 0 bridgehead atoms. The van der Waals surface area contributed by atoms with Crippen LogP contribution in [0.2, 0.25) is 5.02 Å². The average molecular weight is 465 g/mol. The molecule has 1 aromatic heterocycles. The van der Waals surface area contributed by atoms with Crippen molar-refractivity contribution in [3.8, 4) is 0 Å². The van der Waals surface area contributed by atoms with Gasteiger partial charge in [-0.15, -0.1) is 11.3 Å². The van der Waals surface area contributed by atoms with Crippen LogP contribution >= 0.6 is 35.2 Å². The Morgan fingerprint density at radius 3 is 2.60 bits per heavy atom. The molecule has 0 atom stereocenters. The van der Waals surface area contributed by atoms with Gasteiger partial charge in [-0.3, -0.25) is 9.59 Å². The van der Waals surface area contributed by atoms with Crippen molar-refractivity contribution in [2.45, 2.75) is 26.2 Å². The molecule has 0 spiro atoms. The Morgan fingerprint density at radius 1 is 1.20 bits per heavy atom. The van der Waals surface area contributed by atoms with Gasteiger partial charge >= 0.3 is 0 Å². The van der Waals surface area contributed by atoms with Crippen molar-refractivity contribution in [3.63, 3.8) is 0 Å². The second-order valence-corrected chi connectivity index (χ2v) is 8.79. The van der Waals surface area contributed by atoms with E-state index in [1.165, 1.54) is 11.3 Å². The number of piperazine rings is 1. The minimum atomic E-state index is -0.0907. The molecule has 2 heterocycles. The molecule has 160 valence electrons. The predicted molar refractivity (Wildman–Crippen MR) is 128 cm³/mol. The standard InChI is InChI=1S/C21H25ClN4O2S2/c1-2-3-6-19(27)24-21(29)23-15-7-8-17(16(22)14-15)25-9-11-26(12-10-25)20(28)18-5-4-13-30-18/h4-5,7-8,13-14H,2-3,6,9-12H2,1H3,(H2,23,24,27,29). The van der Waals surface area contributed by atoms with Crippen molar-refractivity contribution in [3.05, 3.63) is 45.6 Å². The fourth-order valence-electron chi connectivity index (χ4n) is 3.24. The monoisotopic (exact) mass is 464 g/mol. The maximum Gasteiger partial charge on any atom is 0.264 e. The van der Waals surface area contributed by atoms with Crippen LogP contribution in [-0.4, -0.2) is 48.0 Å². The zero-order valence-electron chi connectivity index (χ0n) is 16.8. The smallest absolute Gasteiger partial charge is 0.264 e. The third-order valence-electron chi connectivity index (χ3n) is 4.86. The van der Waals surface area contributed by atoms with Crippen molar-refractivity contribution >= 4 is 63.5 Å².